The quantitative estimate of drug-likeness (QED) is 0.752. The summed E-state index contributed by atoms with van der Waals surface area (Å²) in [5.41, 5.74) is 0.678. The Morgan fingerprint density at radius 3 is 2.69 bits per heavy atom. The van der Waals surface area contributed by atoms with Gasteiger partial charge in [0.05, 0.1) is 10.7 Å². The Kier molecular flexibility index (Phi) is 4.06. The second kappa shape index (κ2) is 5.10. The van der Waals surface area contributed by atoms with Crippen molar-refractivity contribution in [2.24, 2.45) is 0 Å². The van der Waals surface area contributed by atoms with Crippen molar-refractivity contribution in [2.45, 2.75) is 19.8 Å². The summed E-state index contributed by atoms with van der Waals surface area (Å²) < 4.78 is 0. The van der Waals surface area contributed by atoms with Crippen molar-refractivity contribution < 1.29 is 5.21 Å². The molecule has 1 rings (SSSR count). The molecular weight excluding hydrogens is 186 g/mol. The Bertz CT molecular complexity index is 265. The lowest BCUT2D eigenvalue weighted by molar-refractivity contribution is 0.252. The molecule has 1 aromatic carbocycles. The van der Waals surface area contributed by atoms with Gasteiger partial charge in [-0.15, -0.1) is 0 Å². The van der Waals surface area contributed by atoms with Gasteiger partial charge in [0.15, 0.2) is 0 Å². The number of benzene rings is 1. The Hall–Kier alpha value is -0.730. The first kappa shape index (κ1) is 10.4. The SMILES string of the molecule is CCCCN(O)c1ccccc1Cl. The molecule has 0 amide bonds. The molecule has 0 atom stereocenters. The van der Waals surface area contributed by atoms with E-state index in [4.69, 9.17) is 11.6 Å². The molecule has 0 aliphatic rings. The summed E-state index contributed by atoms with van der Waals surface area (Å²) in [6, 6.07) is 7.28. The maximum absolute atomic E-state index is 9.58. The van der Waals surface area contributed by atoms with E-state index in [0.29, 0.717) is 17.3 Å². The predicted molar refractivity (Wildman–Crippen MR) is 55.5 cm³/mol. The molecule has 3 heteroatoms. The van der Waals surface area contributed by atoms with Crippen LogP contribution in [0.4, 0.5) is 5.69 Å². The first-order chi connectivity index (χ1) is 6.25. The fourth-order valence-electron chi connectivity index (χ4n) is 1.09. The van der Waals surface area contributed by atoms with E-state index in [1.54, 1.807) is 12.1 Å². The zero-order valence-corrected chi connectivity index (χ0v) is 8.46. The summed E-state index contributed by atoms with van der Waals surface area (Å²) in [5, 5.41) is 11.4. The van der Waals surface area contributed by atoms with Gasteiger partial charge < -0.3 is 0 Å². The molecule has 0 saturated heterocycles. The third kappa shape index (κ3) is 2.90. The summed E-state index contributed by atoms with van der Waals surface area (Å²) >= 11 is 5.90. The summed E-state index contributed by atoms with van der Waals surface area (Å²) in [6.07, 6.45) is 2.02. The summed E-state index contributed by atoms with van der Waals surface area (Å²) in [5.74, 6) is 0. The monoisotopic (exact) mass is 199 g/mol. The Labute approximate surface area is 83.7 Å². The smallest absolute Gasteiger partial charge is 0.0820 e. The summed E-state index contributed by atoms with van der Waals surface area (Å²) in [7, 11) is 0. The number of halogens is 1. The molecule has 0 saturated carbocycles. The molecule has 1 N–H and O–H groups in total. The van der Waals surface area contributed by atoms with Gasteiger partial charge in [-0.05, 0) is 18.6 Å². The predicted octanol–water partition coefficient (Wildman–Crippen LogP) is 3.34. The van der Waals surface area contributed by atoms with E-state index in [1.165, 1.54) is 5.06 Å². The molecule has 0 heterocycles. The molecule has 13 heavy (non-hydrogen) atoms. The van der Waals surface area contributed by atoms with Gasteiger partial charge in [0.2, 0.25) is 0 Å². The lowest BCUT2D eigenvalue weighted by Gasteiger charge is -2.17. The maximum atomic E-state index is 9.58. The molecule has 72 valence electrons. The third-order valence-corrected chi connectivity index (χ3v) is 2.17. The van der Waals surface area contributed by atoms with Crippen LogP contribution >= 0.6 is 11.6 Å². The van der Waals surface area contributed by atoms with Crippen LogP contribution in [0.5, 0.6) is 0 Å². The van der Waals surface area contributed by atoms with Crippen LogP contribution in [-0.4, -0.2) is 11.8 Å². The molecule has 0 fully saturated rings. The molecule has 0 unspecified atom stereocenters. The Balaban J connectivity index is 2.65. The third-order valence-electron chi connectivity index (χ3n) is 1.85. The first-order valence-corrected chi connectivity index (χ1v) is 4.84. The second-order valence-electron chi connectivity index (χ2n) is 2.93. The van der Waals surface area contributed by atoms with Gasteiger partial charge in [-0.3, -0.25) is 10.3 Å². The second-order valence-corrected chi connectivity index (χ2v) is 3.34. The molecule has 0 bridgehead atoms. The van der Waals surface area contributed by atoms with E-state index in [2.05, 4.69) is 6.92 Å². The Morgan fingerprint density at radius 2 is 2.08 bits per heavy atom. The number of hydrogen-bond acceptors (Lipinski definition) is 2. The lowest BCUT2D eigenvalue weighted by Crippen LogP contribution is -2.19. The minimum atomic E-state index is 0.584. The largest absolute Gasteiger partial charge is 0.288 e. The zero-order chi connectivity index (χ0) is 9.68. The van der Waals surface area contributed by atoms with E-state index in [1.807, 2.05) is 12.1 Å². The van der Waals surface area contributed by atoms with Crippen LogP contribution in [0, 0.1) is 0 Å². The number of hydroxylamine groups is 1. The number of anilines is 1. The molecule has 1 aromatic rings. The van der Waals surface area contributed by atoms with Crippen LogP contribution in [0.15, 0.2) is 24.3 Å². The average Bonchev–Trinajstić information content (AvgIpc) is 2.15. The number of rotatable bonds is 4. The van der Waals surface area contributed by atoms with Crippen LogP contribution in [0.25, 0.3) is 0 Å². The van der Waals surface area contributed by atoms with Gasteiger partial charge in [0.25, 0.3) is 0 Å². The van der Waals surface area contributed by atoms with Crippen molar-refractivity contribution in [2.75, 3.05) is 11.6 Å². The molecular formula is C10H14ClNO. The van der Waals surface area contributed by atoms with Crippen LogP contribution in [0.1, 0.15) is 19.8 Å². The molecule has 0 spiro atoms. The fourth-order valence-corrected chi connectivity index (χ4v) is 1.32. The highest BCUT2D eigenvalue weighted by Gasteiger charge is 2.05. The van der Waals surface area contributed by atoms with Gasteiger partial charge in [0, 0.05) is 6.54 Å². The summed E-state index contributed by atoms with van der Waals surface area (Å²) in [6.45, 7) is 2.71. The van der Waals surface area contributed by atoms with Crippen molar-refractivity contribution in [3.8, 4) is 0 Å². The molecule has 0 aromatic heterocycles. The van der Waals surface area contributed by atoms with Gasteiger partial charge in [-0.25, -0.2) is 0 Å². The molecule has 0 aliphatic heterocycles. The van der Waals surface area contributed by atoms with Crippen LogP contribution in [0.2, 0.25) is 5.02 Å². The standard InChI is InChI=1S/C10H14ClNO/c1-2-3-8-12(13)10-7-5-4-6-9(10)11/h4-7,13H,2-3,8H2,1H3. The van der Waals surface area contributed by atoms with Crippen molar-refractivity contribution >= 4 is 17.3 Å². The van der Waals surface area contributed by atoms with Gasteiger partial charge in [-0.2, -0.15) is 0 Å². The van der Waals surface area contributed by atoms with Crippen molar-refractivity contribution in [3.05, 3.63) is 29.3 Å². The zero-order valence-electron chi connectivity index (χ0n) is 7.70. The van der Waals surface area contributed by atoms with E-state index < -0.39 is 0 Å². The van der Waals surface area contributed by atoms with Gasteiger partial charge in [0.1, 0.15) is 0 Å². The van der Waals surface area contributed by atoms with E-state index in [9.17, 15) is 5.21 Å². The lowest BCUT2D eigenvalue weighted by atomic mass is 10.3. The maximum Gasteiger partial charge on any atom is 0.0820 e. The highest BCUT2D eigenvalue weighted by atomic mass is 35.5. The fraction of sp³-hybridized carbons (Fsp3) is 0.400. The molecule has 0 aliphatic carbocycles. The van der Waals surface area contributed by atoms with Crippen LogP contribution in [-0.2, 0) is 0 Å². The average molecular weight is 200 g/mol. The van der Waals surface area contributed by atoms with E-state index in [0.717, 1.165) is 12.8 Å². The highest BCUT2D eigenvalue weighted by molar-refractivity contribution is 6.33. The van der Waals surface area contributed by atoms with Crippen LogP contribution in [0.3, 0.4) is 0 Å². The van der Waals surface area contributed by atoms with Crippen molar-refractivity contribution in [1.82, 2.24) is 0 Å². The normalized spacial score (nSPS) is 10.1. The summed E-state index contributed by atoms with van der Waals surface area (Å²) in [4.78, 5) is 0. The topological polar surface area (TPSA) is 23.5 Å². The number of nitrogens with zero attached hydrogens (tertiary/aromatic N) is 1. The van der Waals surface area contributed by atoms with Crippen molar-refractivity contribution in [3.63, 3.8) is 0 Å². The van der Waals surface area contributed by atoms with E-state index in [-0.39, 0.29) is 0 Å². The van der Waals surface area contributed by atoms with Crippen LogP contribution < -0.4 is 5.06 Å². The molecule has 2 nitrogen and oxygen atoms in total. The number of unbranched alkanes of at least 4 members (excludes halogenated alkanes) is 1. The van der Waals surface area contributed by atoms with E-state index >= 15 is 0 Å². The minimum absolute atomic E-state index is 0.584. The Morgan fingerprint density at radius 1 is 1.38 bits per heavy atom. The number of para-hydroxylation sites is 1. The van der Waals surface area contributed by atoms with Crippen molar-refractivity contribution in [1.29, 1.82) is 0 Å². The highest BCUT2D eigenvalue weighted by Crippen LogP contribution is 2.23. The number of hydrogen-bond donors (Lipinski definition) is 1. The molecule has 0 radical (unpaired) electrons. The minimum Gasteiger partial charge on any atom is -0.288 e. The first-order valence-electron chi connectivity index (χ1n) is 4.46. The van der Waals surface area contributed by atoms with Gasteiger partial charge >= 0.3 is 0 Å². The van der Waals surface area contributed by atoms with Gasteiger partial charge in [-0.1, -0.05) is 37.1 Å².